The smallest absolute Gasteiger partial charge is 0.197 e. The Labute approximate surface area is 130 Å². The number of anilines is 1. The predicted molar refractivity (Wildman–Crippen MR) is 89.9 cm³/mol. The van der Waals surface area contributed by atoms with E-state index in [0.29, 0.717) is 5.71 Å². The number of benzene rings is 1. The summed E-state index contributed by atoms with van der Waals surface area (Å²) >= 11 is 5.85. The summed E-state index contributed by atoms with van der Waals surface area (Å²) in [4.78, 5) is 18.1. The van der Waals surface area contributed by atoms with Gasteiger partial charge in [-0.25, -0.2) is 4.99 Å². The molecule has 0 N–H and O–H groups in total. The van der Waals surface area contributed by atoms with E-state index in [1.807, 2.05) is 13.0 Å². The van der Waals surface area contributed by atoms with Gasteiger partial charge in [-0.15, -0.1) is 0 Å². The number of halogens is 1. The zero-order chi connectivity index (χ0) is 15.4. The largest absolute Gasteiger partial charge is 0.372 e. The quantitative estimate of drug-likeness (QED) is 0.782. The van der Waals surface area contributed by atoms with Crippen molar-refractivity contribution in [3.63, 3.8) is 0 Å². The van der Waals surface area contributed by atoms with Crippen LogP contribution in [0.15, 0.2) is 46.5 Å². The molecule has 0 atom stereocenters. The van der Waals surface area contributed by atoms with Crippen LogP contribution in [0.2, 0.25) is 0 Å². The molecule has 0 unspecified atom stereocenters. The third-order valence-corrected chi connectivity index (χ3v) is 3.77. The lowest BCUT2D eigenvalue weighted by atomic mass is 10.1. The zero-order valence-corrected chi connectivity index (χ0v) is 13.3. The van der Waals surface area contributed by atoms with Crippen LogP contribution >= 0.6 is 11.6 Å². The van der Waals surface area contributed by atoms with Gasteiger partial charge in [-0.1, -0.05) is 11.6 Å². The van der Waals surface area contributed by atoms with Crippen LogP contribution in [0, 0.1) is 6.92 Å². The van der Waals surface area contributed by atoms with Crippen LogP contribution in [0.25, 0.3) is 0 Å². The summed E-state index contributed by atoms with van der Waals surface area (Å²) in [6, 6.07) is 6.21. The summed E-state index contributed by atoms with van der Waals surface area (Å²) in [7, 11) is 0. The van der Waals surface area contributed by atoms with Crippen molar-refractivity contribution < 1.29 is 4.79 Å². The summed E-state index contributed by atoms with van der Waals surface area (Å²) < 4.78 is 0. The highest BCUT2D eigenvalue weighted by atomic mass is 35.5. The number of carbonyl (C=O) groups excluding carboxylic acids is 1. The van der Waals surface area contributed by atoms with Crippen molar-refractivity contribution in [2.45, 2.75) is 20.8 Å². The molecule has 0 saturated carbocycles. The molecule has 0 radical (unpaired) electrons. The van der Waals surface area contributed by atoms with Crippen LogP contribution in [-0.2, 0) is 4.79 Å². The maximum Gasteiger partial charge on any atom is 0.197 e. The van der Waals surface area contributed by atoms with Gasteiger partial charge in [0.05, 0.1) is 16.4 Å². The van der Waals surface area contributed by atoms with E-state index in [0.717, 1.165) is 24.3 Å². The zero-order valence-electron chi connectivity index (χ0n) is 12.6. The number of ketones is 1. The highest BCUT2D eigenvalue weighted by molar-refractivity contribution is 6.47. The lowest BCUT2D eigenvalue weighted by Crippen LogP contribution is -2.21. The topological polar surface area (TPSA) is 32.7 Å². The number of hydrogen-bond acceptors (Lipinski definition) is 3. The first kappa shape index (κ1) is 15.5. The van der Waals surface area contributed by atoms with Crippen molar-refractivity contribution in [3.8, 4) is 0 Å². The van der Waals surface area contributed by atoms with Crippen LogP contribution in [0.5, 0.6) is 0 Å². The lowest BCUT2D eigenvalue weighted by Gasteiger charge is -2.21. The number of nitrogens with zero attached hydrogens (tertiary/aromatic N) is 2. The molecule has 0 spiro atoms. The molecule has 0 saturated heterocycles. The minimum absolute atomic E-state index is 0.177. The molecule has 0 heterocycles. The number of allylic oxidation sites excluding steroid dienone is 4. The second-order valence-electron chi connectivity index (χ2n) is 4.87. The van der Waals surface area contributed by atoms with Gasteiger partial charge in [0.25, 0.3) is 0 Å². The Balaban J connectivity index is 2.30. The van der Waals surface area contributed by atoms with E-state index in [1.54, 1.807) is 12.2 Å². The Hall–Kier alpha value is -1.87. The normalized spacial score (nSPS) is 16.3. The van der Waals surface area contributed by atoms with Gasteiger partial charge in [0.2, 0.25) is 0 Å². The number of rotatable bonds is 4. The molecule has 0 aromatic heterocycles. The Bertz CT molecular complexity index is 640. The summed E-state index contributed by atoms with van der Waals surface area (Å²) in [5.74, 6) is -0.177. The maximum atomic E-state index is 11.3. The summed E-state index contributed by atoms with van der Waals surface area (Å²) in [6.07, 6.45) is 4.73. The second-order valence-corrected chi connectivity index (χ2v) is 5.28. The number of aliphatic imine (C=N–C) groups is 1. The van der Waals surface area contributed by atoms with Gasteiger partial charge in [0, 0.05) is 18.8 Å². The number of carbonyl (C=O) groups is 1. The van der Waals surface area contributed by atoms with E-state index in [9.17, 15) is 4.79 Å². The molecule has 21 heavy (non-hydrogen) atoms. The molecular formula is C17H19ClN2O. The van der Waals surface area contributed by atoms with E-state index in [-0.39, 0.29) is 10.8 Å². The third-order valence-electron chi connectivity index (χ3n) is 3.47. The summed E-state index contributed by atoms with van der Waals surface area (Å²) in [5, 5.41) is 0.202. The van der Waals surface area contributed by atoms with E-state index < -0.39 is 0 Å². The molecule has 2 rings (SSSR count). The molecule has 1 aliphatic rings. The number of hydrogen-bond donors (Lipinski definition) is 0. The van der Waals surface area contributed by atoms with Crippen molar-refractivity contribution in [1.29, 1.82) is 0 Å². The summed E-state index contributed by atoms with van der Waals surface area (Å²) in [6.45, 7) is 8.28. The van der Waals surface area contributed by atoms with Gasteiger partial charge in [-0.3, -0.25) is 4.79 Å². The average molecular weight is 303 g/mol. The Morgan fingerprint density at radius 2 is 1.90 bits per heavy atom. The lowest BCUT2D eigenvalue weighted by molar-refractivity contribution is -0.110. The van der Waals surface area contributed by atoms with Gasteiger partial charge >= 0.3 is 0 Å². The van der Waals surface area contributed by atoms with Crippen LogP contribution in [-0.4, -0.2) is 24.6 Å². The van der Waals surface area contributed by atoms with Gasteiger partial charge in [-0.2, -0.15) is 0 Å². The van der Waals surface area contributed by atoms with Crippen LogP contribution in [0.1, 0.15) is 19.4 Å². The molecule has 1 aromatic carbocycles. The van der Waals surface area contributed by atoms with Crippen molar-refractivity contribution >= 4 is 34.5 Å². The molecule has 110 valence electrons. The van der Waals surface area contributed by atoms with Crippen LogP contribution < -0.4 is 4.90 Å². The summed E-state index contributed by atoms with van der Waals surface area (Å²) in [5.41, 5.74) is 3.88. The highest BCUT2D eigenvalue weighted by Crippen LogP contribution is 2.26. The number of aryl methyl sites for hydroxylation is 1. The molecule has 0 amide bonds. The molecular weight excluding hydrogens is 284 g/mol. The third kappa shape index (κ3) is 3.61. The first-order chi connectivity index (χ1) is 10.0. The average Bonchev–Trinajstić information content (AvgIpc) is 2.47. The first-order valence-corrected chi connectivity index (χ1v) is 7.46. The minimum Gasteiger partial charge on any atom is -0.372 e. The molecule has 0 aliphatic heterocycles. The van der Waals surface area contributed by atoms with Crippen LogP contribution in [0.4, 0.5) is 11.4 Å². The Morgan fingerprint density at radius 3 is 2.48 bits per heavy atom. The molecule has 4 heteroatoms. The maximum absolute atomic E-state index is 11.3. The van der Waals surface area contributed by atoms with Gasteiger partial charge < -0.3 is 4.90 Å². The molecule has 1 aromatic rings. The molecule has 1 aliphatic carbocycles. The monoisotopic (exact) mass is 302 g/mol. The fourth-order valence-corrected chi connectivity index (χ4v) is 2.42. The molecule has 3 nitrogen and oxygen atoms in total. The SMILES string of the molecule is CCN(CC)c1ccc(N=C2C=CC(=O)C(Cl)=C2)c(C)c1. The van der Waals surface area contributed by atoms with Gasteiger partial charge in [-0.05, 0) is 62.8 Å². The minimum atomic E-state index is -0.177. The van der Waals surface area contributed by atoms with E-state index in [1.165, 1.54) is 11.8 Å². The first-order valence-electron chi connectivity index (χ1n) is 7.09. The van der Waals surface area contributed by atoms with Crippen molar-refractivity contribution in [1.82, 2.24) is 0 Å². The van der Waals surface area contributed by atoms with Crippen LogP contribution in [0.3, 0.4) is 0 Å². The fourth-order valence-electron chi connectivity index (χ4n) is 2.25. The second kappa shape index (κ2) is 6.72. The van der Waals surface area contributed by atoms with Crippen molar-refractivity contribution in [3.05, 3.63) is 47.0 Å². The van der Waals surface area contributed by atoms with Crippen molar-refractivity contribution in [2.75, 3.05) is 18.0 Å². The fraction of sp³-hybridized carbons (Fsp3) is 0.294. The molecule has 0 bridgehead atoms. The van der Waals surface area contributed by atoms with Gasteiger partial charge in [0.15, 0.2) is 5.78 Å². The molecule has 0 fully saturated rings. The standard InChI is InChI=1S/C17H19ClN2O/c1-4-20(5-2)14-7-8-16(12(3)10-14)19-13-6-9-17(21)15(18)11-13/h6-11H,4-5H2,1-3H3. The Morgan fingerprint density at radius 1 is 1.19 bits per heavy atom. The van der Waals surface area contributed by atoms with E-state index in [2.05, 4.69) is 35.9 Å². The predicted octanol–water partition coefficient (Wildman–Crippen LogP) is 4.18. The highest BCUT2D eigenvalue weighted by Gasteiger charge is 2.10. The van der Waals surface area contributed by atoms with E-state index >= 15 is 0 Å². The van der Waals surface area contributed by atoms with Crippen molar-refractivity contribution in [2.24, 2.45) is 4.99 Å². The van der Waals surface area contributed by atoms with Gasteiger partial charge in [0.1, 0.15) is 0 Å². The van der Waals surface area contributed by atoms with E-state index in [4.69, 9.17) is 11.6 Å². The Kier molecular flexibility index (Phi) is 4.97.